The zero-order chi connectivity index (χ0) is 18.7. The van der Waals surface area contributed by atoms with Crippen molar-refractivity contribution in [1.82, 2.24) is 4.90 Å². The third-order valence-corrected chi connectivity index (χ3v) is 5.30. The first kappa shape index (κ1) is 18.5. The number of anilines is 1. The second-order valence-electron chi connectivity index (χ2n) is 7.29. The first-order chi connectivity index (χ1) is 12.5. The van der Waals surface area contributed by atoms with Gasteiger partial charge in [-0.1, -0.05) is 37.3 Å². The van der Waals surface area contributed by atoms with Crippen LogP contribution in [0.15, 0.2) is 48.5 Å². The molecule has 2 aromatic carbocycles. The highest BCUT2D eigenvalue weighted by molar-refractivity contribution is 5.97. The van der Waals surface area contributed by atoms with Gasteiger partial charge in [-0.2, -0.15) is 0 Å². The van der Waals surface area contributed by atoms with Crippen LogP contribution < -0.4 is 9.64 Å². The van der Waals surface area contributed by atoms with Crippen LogP contribution in [0.2, 0.25) is 0 Å². The van der Waals surface area contributed by atoms with Gasteiger partial charge in [-0.25, -0.2) is 0 Å². The molecule has 138 valence electrons. The summed E-state index contributed by atoms with van der Waals surface area (Å²) in [6.07, 6.45) is 0.869. The largest absolute Gasteiger partial charge is 0.497 e. The minimum Gasteiger partial charge on any atom is -0.497 e. The lowest BCUT2D eigenvalue weighted by atomic mass is 9.83. The average molecular weight is 352 g/mol. The lowest BCUT2D eigenvalue weighted by Gasteiger charge is -2.27. The van der Waals surface area contributed by atoms with Crippen LogP contribution in [0.4, 0.5) is 5.69 Å². The summed E-state index contributed by atoms with van der Waals surface area (Å²) < 4.78 is 5.28. The van der Waals surface area contributed by atoms with E-state index < -0.39 is 0 Å². The van der Waals surface area contributed by atoms with E-state index in [2.05, 4.69) is 42.2 Å². The molecule has 0 saturated heterocycles. The van der Waals surface area contributed by atoms with Crippen molar-refractivity contribution in [1.29, 1.82) is 0 Å². The molecule has 0 N–H and O–H groups in total. The van der Waals surface area contributed by atoms with Crippen molar-refractivity contribution in [3.8, 4) is 5.75 Å². The highest BCUT2D eigenvalue weighted by atomic mass is 16.5. The van der Waals surface area contributed by atoms with Crippen molar-refractivity contribution in [2.45, 2.75) is 19.3 Å². The lowest BCUT2D eigenvalue weighted by molar-refractivity contribution is -0.122. The number of hydrogen-bond donors (Lipinski definition) is 0. The summed E-state index contributed by atoms with van der Waals surface area (Å²) in [5, 5.41) is 0. The smallest absolute Gasteiger partial charge is 0.230 e. The lowest BCUT2D eigenvalue weighted by Crippen LogP contribution is -2.40. The third kappa shape index (κ3) is 3.75. The quantitative estimate of drug-likeness (QED) is 0.825. The third-order valence-electron chi connectivity index (χ3n) is 5.30. The number of carbonyl (C=O) groups is 1. The summed E-state index contributed by atoms with van der Waals surface area (Å²) in [6, 6.07) is 16.4. The van der Waals surface area contributed by atoms with Gasteiger partial charge >= 0.3 is 0 Å². The SMILES string of the molecule is COc1ccc(C2Cc3ccccc3N(CCN(C)C)C(=O)C2C)cc1. The van der Waals surface area contributed by atoms with Crippen molar-refractivity contribution in [2.24, 2.45) is 5.92 Å². The molecule has 3 rings (SSSR count). The Morgan fingerprint density at radius 1 is 1.12 bits per heavy atom. The van der Waals surface area contributed by atoms with Gasteiger partial charge in [0.05, 0.1) is 7.11 Å². The first-order valence-electron chi connectivity index (χ1n) is 9.19. The Hall–Kier alpha value is -2.33. The van der Waals surface area contributed by atoms with Crippen LogP contribution in [0.1, 0.15) is 24.0 Å². The number of ether oxygens (including phenoxy) is 1. The van der Waals surface area contributed by atoms with Crippen LogP contribution in [-0.2, 0) is 11.2 Å². The van der Waals surface area contributed by atoms with Gasteiger partial charge in [0.1, 0.15) is 5.75 Å². The van der Waals surface area contributed by atoms with Crippen molar-refractivity contribution in [3.05, 3.63) is 59.7 Å². The number of para-hydroxylation sites is 1. The molecule has 0 fully saturated rings. The zero-order valence-electron chi connectivity index (χ0n) is 16.1. The molecule has 0 bridgehead atoms. The predicted octanol–water partition coefficient (Wildman–Crippen LogP) is 3.57. The summed E-state index contributed by atoms with van der Waals surface area (Å²) in [6.45, 7) is 3.62. The van der Waals surface area contributed by atoms with Gasteiger partial charge in [-0.3, -0.25) is 4.79 Å². The van der Waals surface area contributed by atoms with E-state index in [9.17, 15) is 4.79 Å². The molecule has 26 heavy (non-hydrogen) atoms. The van der Waals surface area contributed by atoms with Crippen molar-refractivity contribution >= 4 is 11.6 Å². The van der Waals surface area contributed by atoms with Crippen LogP contribution in [0.5, 0.6) is 5.75 Å². The summed E-state index contributed by atoms with van der Waals surface area (Å²) in [5.41, 5.74) is 3.49. The standard InChI is InChI=1S/C22H28N2O2/c1-16-20(17-9-11-19(26-4)12-10-17)15-18-7-5-6-8-21(18)24(22(16)25)14-13-23(2)3/h5-12,16,20H,13-15H2,1-4H3. The molecule has 2 aromatic rings. The molecule has 0 aromatic heterocycles. The molecule has 2 atom stereocenters. The minimum absolute atomic E-state index is 0.0713. The highest BCUT2D eigenvalue weighted by Crippen LogP contribution is 2.38. The highest BCUT2D eigenvalue weighted by Gasteiger charge is 2.34. The number of rotatable bonds is 5. The number of hydrogen-bond acceptors (Lipinski definition) is 3. The molecule has 1 amide bonds. The molecule has 0 spiro atoms. The van der Waals surface area contributed by atoms with E-state index in [0.29, 0.717) is 6.54 Å². The van der Waals surface area contributed by atoms with E-state index in [-0.39, 0.29) is 17.7 Å². The molecule has 0 aliphatic carbocycles. The van der Waals surface area contributed by atoms with Crippen LogP contribution in [0, 0.1) is 5.92 Å². The summed E-state index contributed by atoms with van der Waals surface area (Å²) in [4.78, 5) is 17.4. The molecule has 1 aliphatic heterocycles. The molecule has 1 aliphatic rings. The fraction of sp³-hybridized carbons (Fsp3) is 0.409. The summed E-state index contributed by atoms with van der Waals surface area (Å²) in [7, 11) is 5.75. The Bertz CT molecular complexity index is 755. The number of fused-ring (bicyclic) bond motifs is 1. The van der Waals surface area contributed by atoms with Gasteiger partial charge in [0.25, 0.3) is 0 Å². The molecule has 2 unspecified atom stereocenters. The maximum Gasteiger partial charge on any atom is 0.230 e. The molecule has 1 heterocycles. The van der Waals surface area contributed by atoms with Crippen LogP contribution in [0.3, 0.4) is 0 Å². The van der Waals surface area contributed by atoms with E-state index in [1.165, 1.54) is 11.1 Å². The number of likely N-dealkylation sites (N-methyl/N-ethyl adjacent to an activating group) is 1. The van der Waals surface area contributed by atoms with E-state index >= 15 is 0 Å². The number of carbonyl (C=O) groups excluding carboxylic acids is 1. The van der Waals surface area contributed by atoms with Crippen molar-refractivity contribution < 1.29 is 9.53 Å². The summed E-state index contributed by atoms with van der Waals surface area (Å²) >= 11 is 0. The number of benzene rings is 2. The van der Waals surface area contributed by atoms with E-state index in [1.54, 1.807) is 7.11 Å². The van der Waals surface area contributed by atoms with Gasteiger partial charge < -0.3 is 14.5 Å². The predicted molar refractivity (Wildman–Crippen MR) is 106 cm³/mol. The zero-order valence-corrected chi connectivity index (χ0v) is 16.1. The summed E-state index contributed by atoms with van der Waals surface area (Å²) in [5.74, 6) is 1.14. The first-order valence-corrected chi connectivity index (χ1v) is 9.19. The number of amides is 1. The Morgan fingerprint density at radius 3 is 2.46 bits per heavy atom. The van der Waals surface area contributed by atoms with E-state index in [0.717, 1.165) is 24.4 Å². The average Bonchev–Trinajstić information content (AvgIpc) is 2.76. The van der Waals surface area contributed by atoms with Crippen LogP contribution in [0.25, 0.3) is 0 Å². The number of methoxy groups -OCH3 is 1. The molecule has 0 saturated carbocycles. The fourth-order valence-electron chi connectivity index (χ4n) is 3.69. The molecular weight excluding hydrogens is 324 g/mol. The maximum absolute atomic E-state index is 13.3. The van der Waals surface area contributed by atoms with E-state index in [1.807, 2.05) is 37.2 Å². The van der Waals surface area contributed by atoms with Crippen molar-refractivity contribution in [3.63, 3.8) is 0 Å². The van der Waals surface area contributed by atoms with E-state index in [4.69, 9.17) is 4.74 Å². The van der Waals surface area contributed by atoms with Crippen LogP contribution in [-0.4, -0.2) is 45.1 Å². The van der Waals surface area contributed by atoms with Crippen LogP contribution >= 0.6 is 0 Å². The topological polar surface area (TPSA) is 32.8 Å². The Balaban J connectivity index is 1.97. The van der Waals surface area contributed by atoms with Gasteiger partial charge in [-0.05, 0) is 55.8 Å². The maximum atomic E-state index is 13.3. The minimum atomic E-state index is -0.0713. The Morgan fingerprint density at radius 2 is 1.81 bits per heavy atom. The molecule has 4 nitrogen and oxygen atoms in total. The molecule has 0 radical (unpaired) electrons. The van der Waals surface area contributed by atoms with Gasteiger partial charge in [0.2, 0.25) is 5.91 Å². The number of nitrogens with zero attached hydrogens (tertiary/aromatic N) is 2. The second kappa shape index (κ2) is 7.92. The van der Waals surface area contributed by atoms with Crippen molar-refractivity contribution in [2.75, 3.05) is 39.2 Å². The molecule has 4 heteroatoms. The Kier molecular flexibility index (Phi) is 5.62. The Labute approximate surface area is 156 Å². The molecular formula is C22H28N2O2. The van der Waals surface area contributed by atoms with Gasteiger partial charge in [-0.15, -0.1) is 0 Å². The van der Waals surface area contributed by atoms with Gasteiger partial charge in [0, 0.05) is 24.7 Å². The van der Waals surface area contributed by atoms with Gasteiger partial charge in [0.15, 0.2) is 0 Å². The monoisotopic (exact) mass is 352 g/mol. The fourth-order valence-corrected chi connectivity index (χ4v) is 3.69. The normalized spacial score (nSPS) is 20.0. The second-order valence-corrected chi connectivity index (χ2v) is 7.29.